The molecule has 1 amide bonds. The molecule has 0 bridgehead atoms. The van der Waals surface area contributed by atoms with E-state index in [1.807, 2.05) is 0 Å². The average molecular weight is 275 g/mol. The fourth-order valence-corrected chi connectivity index (χ4v) is 1.84. The maximum absolute atomic E-state index is 13.4. The van der Waals surface area contributed by atoms with Crippen LogP contribution in [0.4, 0.5) is 14.5 Å². The number of hydrogen-bond donors (Lipinski definition) is 1. The van der Waals surface area contributed by atoms with E-state index in [2.05, 4.69) is 5.32 Å². The summed E-state index contributed by atoms with van der Waals surface area (Å²) in [6, 6.07) is 10.9. The summed E-state index contributed by atoms with van der Waals surface area (Å²) in [5.74, 6) is -0.949. The molecule has 0 fully saturated rings. The molecule has 4 heteroatoms. The highest BCUT2D eigenvalue weighted by Gasteiger charge is 2.07. The van der Waals surface area contributed by atoms with Gasteiger partial charge >= 0.3 is 0 Å². The molecule has 1 N–H and O–H groups in total. The highest BCUT2D eigenvalue weighted by Crippen LogP contribution is 2.14. The van der Waals surface area contributed by atoms with Gasteiger partial charge in [-0.25, -0.2) is 8.78 Å². The highest BCUT2D eigenvalue weighted by atomic mass is 19.1. The monoisotopic (exact) mass is 275 g/mol. The van der Waals surface area contributed by atoms with Crippen molar-refractivity contribution in [2.75, 3.05) is 5.32 Å². The van der Waals surface area contributed by atoms with E-state index in [0.29, 0.717) is 23.2 Å². The van der Waals surface area contributed by atoms with Crippen molar-refractivity contribution in [3.8, 4) is 0 Å². The number of nitrogens with one attached hydrogen (secondary N) is 1. The molecule has 0 aliphatic carbocycles. The molecule has 104 valence electrons. The van der Waals surface area contributed by atoms with E-state index in [4.69, 9.17) is 0 Å². The van der Waals surface area contributed by atoms with Gasteiger partial charge in [0.1, 0.15) is 11.6 Å². The van der Waals surface area contributed by atoms with Crippen molar-refractivity contribution in [1.29, 1.82) is 0 Å². The first kappa shape index (κ1) is 14.2. The van der Waals surface area contributed by atoms with Crippen molar-refractivity contribution in [2.45, 2.75) is 19.8 Å². The van der Waals surface area contributed by atoms with E-state index >= 15 is 0 Å². The maximum atomic E-state index is 13.4. The topological polar surface area (TPSA) is 29.1 Å². The Morgan fingerprint density at radius 2 is 1.85 bits per heavy atom. The second-order valence-corrected chi connectivity index (χ2v) is 4.60. The van der Waals surface area contributed by atoms with Crippen LogP contribution in [-0.4, -0.2) is 5.91 Å². The smallest absolute Gasteiger partial charge is 0.224 e. The van der Waals surface area contributed by atoms with Gasteiger partial charge in [-0.05, 0) is 42.7 Å². The van der Waals surface area contributed by atoms with Crippen LogP contribution in [0.25, 0.3) is 0 Å². The number of carbonyl (C=O) groups is 1. The predicted molar refractivity (Wildman–Crippen MR) is 74.5 cm³/mol. The predicted octanol–water partition coefficient (Wildman–Crippen LogP) is 3.84. The summed E-state index contributed by atoms with van der Waals surface area (Å²) in [5.41, 5.74) is 1.43. The van der Waals surface area contributed by atoms with Crippen LogP contribution in [0.1, 0.15) is 17.5 Å². The number of amides is 1. The van der Waals surface area contributed by atoms with Crippen molar-refractivity contribution in [1.82, 2.24) is 0 Å². The minimum atomic E-state index is -0.364. The summed E-state index contributed by atoms with van der Waals surface area (Å²) in [7, 11) is 0. The molecule has 0 atom stereocenters. The lowest BCUT2D eigenvalue weighted by Crippen LogP contribution is -2.12. The Morgan fingerprint density at radius 1 is 1.10 bits per heavy atom. The van der Waals surface area contributed by atoms with Gasteiger partial charge < -0.3 is 5.32 Å². The van der Waals surface area contributed by atoms with Gasteiger partial charge in [0.15, 0.2) is 0 Å². The SMILES string of the molecule is Cc1ccc(NC(=O)CCc2ccccc2F)cc1F. The third-order valence-electron chi connectivity index (χ3n) is 3.03. The number of halogens is 2. The minimum absolute atomic E-state index is 0.149. The zero-order chi connectivity index (χ0) is 14.5. The molecular weight excluding hydrogens is 260 g/mol. The summed E-state index contributed by atoms with van der Waals surface area (Å²) in [5, 5.41) is 2.60. The Kier molecular flexibility index (Phi) is 4.45. The van der Waals surface area contributed by atoms with Crippen LogP contribution in [0.3, 0.4) is 0 Å². The molecule has 2 aromatic rings. The van der Waals surface area contributed by atoms with Crippen LogP contribution < -0.4 is 5.32 Å². The van der Waals surface area contributed by atoms with E-state index in [1.165, 1.54) is 12.1 Å². The minimum Gasteiger partial charge on any atom is -0.326 e. The molecule has 0 aliphatic heterocycles. The second kappa shape index (κ2) is 6.28. The largest absolute Gasteiger partial charge is 0.326 e. The lowest BCUT2D eigenvalue weighted by Gasteiger charge is -2.07. The Labute approximate surface area is 116 Å². The van der Waals surface area contributed by atoms with Crippen molar-refractivity contribution in [3.63, 3.8) is 0 Å². The molecule has 2 aromatic carbocycles. The van der Waals surface area contributed by atoms with Gasteiger partial charge in [0, 0.05) is 12.1 Å². The second-order valence-electron chi connectivity index (χ2n) is 4.60. The zero-order valence-electron chi connectivity index (χ0n) is 11.1. The molecule has 0 aliphatic rings. The Hall–Kier alpha value is -2.23. The van der Waals surface area contributed by atoms with E-state index in [9.17, 15) is 13.6 Å². The van der Waals surface area contributed by atoms with Gasteiger partial charge in [0.2, 0.25) is 5.91 Å². The molecule has 2 rings (SSSR count). The van der Waals surface area contributed by atoms with Crippen molar-refractivity contribution in [2.24, 2.45) is 0 Å². The van der Waals surface area contributed by atoms with Crippen LogP contribution >= 0.6 is 0 Å². The van der Waals surface area contributed by atoms with Crippen LogP contribution in [0.5, 0.6) is 0 Å². The first-order chi connectivity index (χ1) is 9.56. The summed E-state index contributed by atoms with van der Waals surface area (Å²) >= 11 is 0. The summed E-state index contributed by atoms with van der Waals surface area (Å²) in [6.45, 7) is 1.65. The quantitative estimate of drug-likeness (QED) is 0.902. The standard InChI is InChI=1S/C16H15F2NO/c1-11-6-8-13(10-15(11)18)19-16(20)9-7-12-4-2-3-5-14(12)17/h2-6,8,10H,7,9H2,1H3,(H,19,20). The Balaban J connectivity index is 1.93. The normalized spacial score (nSPS) is 10.3. The maximum Gasteiger partial charge on any atom is 0.224 e. The highest BCUT2D eigenvalue weighted by molar-refractivity contribution is 5.90. The molecule has 20 heavy (non-hydrogen) atoms. The third-order valence-corrected chi connectivity index (χ3v) is 3.03. The van der Waals surface area contributed by atoms with Gasteiger partial charge in [-0.15, -0.1) is 0 Å². The Morgan fingerprint density at radius 3 is 2.55 bits per heavy atom. The molecule has 0 heterocycles. The van der Waals surface area contributed by atoms with Gasteiger partial charge in [-0.1, -0.05) is 24.3 Å². The van der Waals surface area contributed by atoms with Crippen LogP contribution in [-0.2, 0) is 11.2 Å². The van der Waals surface area contributed by atoms with Gasteiger partial charge in [-0.2, -0.15) is 0 Å². The van der Waals surface area contributed by atoms with Gasteiger partial charge in [0.05, 0.1) is 0 Å². The van der Waals surface area contributed by atoms with Gasteiger partial charge in [0.25, 0.3) is 0 Å². The summed E-state index contributed by atoms with van der Waals surface area (Å²) in [4.78, 5) is 11.7. The van der Waals surface area contributed by atoms with Gasteiger partial charge in [-0.3, -0.25) is 4.79 Å². The number of rotatable bonds is 4. The van der Waals surface area contributed by atoms with Crippen LogP contribution in [0, 0.1) is 18.6 Å². The van der Waals surface area contributed by atoms with E-state index in [1.54, 1.807) is 37.3 Å². The molecular formula is C16H15F2NO. The third kappa shape index (κ3) is 3.63. The van der Waals surface area contributed by atoms with E-state index in [-0.39, 0.29) is 24.0 Å². The molecule has 0 radical (unpaired) electrons. The molecule has 0 saturated heterocycles. The van der Waals surface area contributed by atoms with Crippen LogP contribution in [0.15, 0.2) is 42.5 Å². The van der Waals surface area contributed by atoms with Crippen molar-refractivity contribution in [3.05, 3.63) is 65.2 Å². The Bertz CT molecular complexity index is 626. The lowest BCUT2D eigenvalue weighted by molar-refractivity contribution is -0.116. The molecule has 2 nitrogen and oxygen atoms in total. The first-order valence-electron chi connectivity index (χ1n) is 6.35. The lowest BCUT2D eigenvalue weighted by atomic mass is 10.1. The van der Waals surface area contributed by atoms with Crippen molar-refractivity contribution < 1.29 is 13.6 Å². The van der Waals surface area contributed by atoms with E-state index in [0.717, 1.165) is 0 Å². The zero-order valence-corrected chi connectivity index (χ0v) is 11.1. The number of aryl methyl sites for hydroxylation is 2. The molecule has 0 spiro atoms. The van der Waals surface area contributed by atoms with E-state index < -0.39 is 0 Å². The molecule has 0 saturated carbocycles. The first-order valence-corrected chi connectivity index (χ1v) is 6.35. The molecule has 0 unspecified atom stereocenters. The molecule has 0 aromatic heterocycles. The number of carbonyl (C=O) groups excluding carboxylic acids is 1. The number of hydrogen-bond acceptors (Lipinski definition) is 1. The number of benzene rings is 2. The number of anilines is 1. The van der Waals surface area contributed by atoms with Crippen LogP contribution in [0.2, 0.25) is 0 Å². The fourth-order valence-electron chi connectivity index (χ4n) is 1.84. The summed E-state index contributed by atoms with van der Waals surface area (Å²) < 4.78 is 26.7. The average Bonchev–Trinajstić information content (AvgIpc) is 2.42. The summed E-state index contributed by atoms with van der Waals surface area (Å²) in [6.07, 6.45) is 0.462. The van der Waals surface area contributed by atoms with Crippen molar-refractivity contribution >= 4 is 11.6 Å². The fraction of sp³-hybridized carbons (Fsp3) is 0.188.